The van der Waals surface area contributed by atoms with Crippen LogP contribution >= 0.6 is 0 Å². The Kier molecular flexibility index (Phi) is 4.32. The second-order valence-corrected chi connectivity index (χ2v) is 6.36. The lowest BCUT2D eigenvalue weighted by Crippen LogP contribution is -2.31. The smallest absolute Gasteiger partial charge is 0.124 e. The van der Waals surface area contributed by atoms with Gasteiger partial charge in [-0.05, 0) is 26.3 Å². The number of rotatable bonds is 5. The zero-order chi connectivity index (χ0) is 16.4. The van der Waals surface area contributed by atoms with Crippen LogP contribution in [0.5, 0.6) is 5.75 Å². The van der Waals surface area contributed by atoms with E-state index >= 15 is 0 Å². The maximum atomic E-state index is 10.9. The van der Waals surface area contributed by atoms with Gasteiger partial charge in [0, 0.05) is 37.9 Å². The molecule has 0 spiro atoms. The van der Waals surface area contributed by atoms with E-state index in [9.17, 15) is 5.11 Å². The van der Waals surface area contributed by atoms with Crippen LogP contribution in [0.2, 0.25) is 0 Å². The third-order valence-corrected chi connectivity index (χ3v) is 4.25. The summed E-state index contributed by atoms with van der Waals surface area (Å²) in [6.45, 7) is 6.08. The zero-order valence-electron chi connectivity index (χ0n) is 13.8. The number of hydrogen-bond donors (Lipinski definition) is 1. The van der Waals surface area contributed by atoms with Crippen molar-refractivity contribution in [1.82, 2.24) is 24.9 Å². The van der Waals surface area contributed by atoms with E-state index in [-0.39, 0.29) is 6.04 Å². The lowest BCUT2D eigenvalue weighted by Gasteiger charge is -2.21. The Morgan fingerprint density at radius 3 is 2.96 bits per heavy atom. The molecule has 2 aromatic heterocycles. The number of ether oxygens (including phenoxy) is 1. The summed E-state index contributed by atoms with van der Waals surface area (Å²) >= 11 is 0. The quantitative estimate of drug-likeness (QED) is 0.897. The Morgan fingerprint density at radius 1 is 1.43 bits per heavy atom. The van der Waals surface area contributed by atoms with Crippen LogP contribution in [0.3, 0.4) is 0 Å². The van der Waals surface area contributed by atoms with Gasteiger partial charge in [0.1, 0.15) is 17.0 Å². The van der Waals surface area contributed by atoms with E-state index in [2.05, 4.69) is 20.2 Å². The number of likely N-dealkylation sites (tertiary alicyclic amines) is 1. The van der Waals surface area contributed by atoms with Crippen molar-refractivity contribution in [2.45, 2.75) is 38.5 Å². The molecule has 0 aliphatic carbocycles. The number of aromatic nitrogens is 4. The maximum absolute atomic E-state index is 10.9. The molecule has 1 N–H and O–H groups in total. The Balaban J connectivity index is 1.69. The van der Waals surface area contributed by atoms with Crippen molar-refractivity contribution in [2.24, 2.45) is 0 Å². The highest BCUT2D eigenvalue weighted by Crippen LogP contribution is 2.31. The summed E-state index contributed by atoms with van der Waals surface area (Å²) in [4.78, 5) is 6.54. The Hall–Kier alpha value is -1.99. The monoisotopic (exact) mass is 317 g/mol. The highest BCUT2D eigenvalue weighted by molar-refractivity contribution is 5.22. The summed E-state index contributed by atoms with van der Waals surface area (Å²) in [7, 11) is 1.64. The van der Waals surface area contributed by atoms with E-state index in [0.29, 0.717) is 25.2 Å². The molecule has 0 radical (unpaired) electrons. The molecule has 0 amide bonds. The van der Waals surface area contributed by atoms with Crippen LogP contribution in [0.4, 0.5) is 0 Å². The molecule has 2 aromatic rings. The van der Waals surface area contributed by atoms with Crippen LogP contribution < -0.4 is 4.74 Å². The number of pyridine rings is 1. The molecule has 0 aromatic carbocycles. The third kappa shape index (κ3) is 3.35. The molecular weight excluding hydrogens is 294 g/mol. The van der Waals surface area contributed by atoms with Gasteiger partial charge in [0.25, 0.3) is 0 Å². The number of methoxy groups -OCH3 is 1. The Bertz CT molecular complexity index is 672. The minimum Gasteiger partial charge on any atom is -0.497 e. The van der Waals surface area contributed by atoms with Gasteiger partial charge in [0.2, 0.25) is 0 Å². The number of hydrogen-bond acceptors (Lipinski definition) is 6. The van der Waals surface area contributed by atoms with Crippen molar-refractivity contribution < 1.29 is 9.84 Å². The van der Waals surface area contributed by atoms with E-state index in [4.69, 9.17) is 4.74 Å². The first-order valence-corrected chi connectivity index (χ1v) is 7.86. The number of nitrogens with zero attached hydrogens (tertiary/aromatic N) is 5. The first-order valence-electron chi connectivity index (χ1n) is 7.86. The van der Waals surface area contributed by atoms with E-state index < -0.39 is 5.60 Å². The fourth-order valence-corrected chi connectivity index (χ4v) is 2.86. The third-order valence-electron chi connectivity index (χ3n) is 4.25. The Morgan fingerprint density at radius 2 is 2.26 bits per heavy atom. The molecule has 3 heterocycles. The molecule has 0 bridgehead atoms. The summed E-state index contributed by atoms with van der Waals surface area (Å²) in [5.74, 6) is 0.796. The largest absolute Gasteiger partial charge is 0.497 e. The van der Waals surface area contributed by atoms with E-state index in [1.807, 2.05) is 32.2 Å². The van der Waals surface area contributed by atoms with Crippen molar-refractivity contribution in [1.29, 1.82) is 0 Å². The molecule has 23 heavy (non-hydrogen) atoms. The summed E-state index contributed by atoms with van der Waals surface area (Å²) in [5, 5.41) is 19.2. The van der Waals surface area contributed by atoms with Crippen molar-refractivity contribution >= 4 is 0 Å². The second kappa shape index (κ2) is 6.25. The normalized spacial score (nSPS) is 22.0. The molecule has 7 heteroatoms. The molecule has 1 unspecified atom stereocenters. The van der Waals surface area contributed by atoms with Crippen LogP contribution in [-0.4, -0.2) is 50.2 Å². The van der Waals surface area contributed by atoms with Crippen LogP contribution in [0, 0.1) is 0 Å². The van der Waals surface area contributed by atoms with Crippen molar-refractivity contribution in [3.05, 3.63) is 35.9 Å². The van der Waals surface area contributed by atoms with Gasteiger partial charge in [-0.15, -0.1) is 5.10 Å². The standard InChI is InChI=1S/C16H23N5O2/c1-12(2)21-10-15(18-19-21)16(22)5-7-20(11-16)9-13-8-14(23-3)4-6-17-13/h4,6,8,10,12,22H,5,7,9,11H2,1-3H3. The van der Waals surface area contributed by atoms with Crippen molar-refractivity contribution in [3.8, 4) is 5.75 Å². The van der Waals surface area contributed by atoms with Gasteiger partial charge in [-0.2, -0.15) is 0 Å². The lowest BCUT2D eigenvalue weighted by molar-refractivity contribution is 0.0407. The van der Waals surface area contributed by atoms with Gasteiger partial charge in [0.15, 0.2) is 0 Å². The first-order chi connectivity index (χ1) is 11.0. The fraction of sp³-hybridized carbons (Fsp3) is 0.562. The van der Waals surface area contributed by atoms with Crippen molar-refractivity contribution in [3.63, 3.8) is 0 Å². The zero-order valence-corrected chi connectivity index (χ0v) is 13.8. The second-order valence-electron chi connectivity index (χ2n) is 6.36. The van der Waals surface area contributed by atoms with Gasteiger partial charge in [-0.3, -0.25) is 9.88 Å². The average molecular weight is 317 g/mol. The Labute approximate surface area is 135 Å². The van der Waals surface area contributed by atoms with Gasteiger partial charge in [-0.25, -0.2) is 4.68 Å². The minimum atomic E-state index is -0.938. The predicted molar refractivity (Wildman–Crippen MR) is 85.0 cm³/mol. The number of β-amino-alcohol motifs (C(OH)–C–C–N with tert-alkyl or cyclic N) is 1. The maximum Gasteiger partial charge on any atom is 0.124 e. The topological polar surface area (TPSA) is 76.3 Å². The summed E-state index contributed by atoms with van der Waals surface area (Å²) < 4.78 is 7.00. The fourth-order valence-electron chi connectivity index (χ4n) is 2.86. The number of aliphatic hydroxyl groups is 1. The van der Waals surface area contributed by atoms with Crippen LogP contribution in [0.25, 0.3) is 0 Å². The summed E-state index contributed by atoms with van der Waals surface area (Å²) in [5.41, 5.74) is 0.637. The van der Waals surface area contributed by atoms with Crippen LogP contribution in [-0.2, 0) is 12.1 Å². The molecule has 7 nitrogen and oxygen atoms in total. The van der Waals surface area contributed by atoms with Crippen molar-refractivity contribution in [2.75, 3.05) is 20.2 Å². The highest BCUT2D eigenvalue weighted by atomic mass is 16.5. The van der Waals surface area contributed by atoms with E-state index in [0.717, 1.165) is 18.0 Å². The molecular formula is C16H23N5O2. The van der Waals surface area contributed by atoms with Gasteiger partial charge < -0.3 is 9.84 Å². The molecule has 1 saturated heterocycles. The van der Waals surface area contributed by atoms with Crippen LogP contribution in [0.1, 0.15) is 37.7 Å². The molecule has 1 aliphatic heterocycles. The van der Waals surface area contributed by atoms with Gasteiger partial charge in [-0.1, -0.05) is 5.21 Å². The molecule has 1 fully saturated rings. The molecule has 1 atom stereocenters. The van der Waals surface area contributed by atoms with Gasteiger partial charge >= 0.3 is 0 Å². The van der Waals surface area contributed by atoms with E-state index in [1.165, 1.54) is 0 Å². The first kappa shape index (κ1) is 15.9. The predicted octanol–water partition coefficient (Wildman–Crippen LogP) is 1.36. The average Bonchev–Trinajstić information content (AvgIpc) is 3.16. The summed E-state index contributed by atoms with van der Waals surface area (Å²) in [6, 6.07) is 3.99. The molecule has 0 saturated carbocycles. The molecule has 1 aliphatic rings. The minimum absolute atomic E-state index is 0.235. The van der Waals surface area contributed by atoms with Crippen LogP contribution in [0.15, 0.2) is 24.5 Å². The van der Waals surface area contributed by atoms with E-state index in [1.54, 1.807) is 18.0 Å². The molecule has 124 valence electrons. The lowest BCUT2D eigenvalue weighted by atomic mass is 10.00. The molecule has 3 rings (SSSR count). The van der Waals surface area contributed by atoms with Gasteiger partial charge in [0.05, 0.1) is 19.0 Å². The SMILES string of the molecule is COc1ccnc(CN2CCC(O)(c3cn(C(C)C)nn3)C2)c1. The summed E-state index contributed by atoms with van der Waals surface area (Å²) in [6.07, 6.45) is 4.23. The highest BCUT2D eigenvalue weighted by Gasteiger charge is 2.40.